The van der Waals surface area contributed by atoms with Crippen LogP contribution in [0.25, 0.3) is 0 Å². The lowest BCUT2D eigenvalue weighted by molar-refractivity contribution is 0.660. The summed E-state index contributed by atoms with van der Waals surface area (Å²) >= 11 is 5.35. The zero-order valence-corrected chi connectivity index (χ0v) is 10.8. The Kier molecular flexibility index (Phi) is 5.60. The highest BCUT2D eigenvalue weighted by atomic mass is 79.9. The highest BCUT2D eigenvalue weighted by molar-refractivity contribution is 9.10. The third kappa shape index (κ3) is 4.03. The molecule has 14 heavy (non-hydrogen) atoms. The van der Waals surface area contributed by atoms with Crippen LogP contribution in [0.1, 0.15) is 19.8 Å². The van der Waals surface area contributed by atoms with E-state index in [9.17, 15) is 0 Å². The normalized spacial score (nSPS) is 12.8. The van der Waals surface area contributed by atoms with Gasteiger partial charge in [0.25, 0.3) is 0 Å². The van der Waals surface area contributed by atoms with Crippen LogP contribution in [0.2, 0.25) is 0 Å². The fraction of sp³-hybridized carbons (Fsp3) is 0.455. The maximum absolute atomic E-state index is 5.95. The lowest BCUT2D eigenvalue weighted by Crippen LogP contribution is -2.22. The maximum atomic E-state index is 5.95. The molecule has 2 N–H and O–H groups in total. The molecule has 1 aromatic carbocycles. The number of rotatable bonds is 5. The standard InChI is InChI=1S/C11H16BrNS/c1-2-5-9(13)8-14-11-7-4-3-6-10(11)12/h3-4,6-7,9H,2,5,8,13H2,1H3/t9-/m1/s1. The summed E-state index contributed by atoms with van der Waals surface area (Å²) in [6.45, 7) is 2.17. The van der Waals surface area contributed by atoms with Crippen molar-refractivity contribution in [1.82, 2.24) is 0 Å². The molecule has 0 bridgehead atoms. The van der Waals surface area contributed by atoms with E-state index in [1.807, 2.05) is 17.8 Å². The number of nitrogens with two attached hydrogens (primary N) is 1. The van der Waals surface area contributed by atoms with Crippen molar-refractivity contribution in [2.24, 2.45) is 5.73 Å². The molecule has 0 aliphatic carbocycles. The van der Waals surface area contributed by atoms with E-state index in [4.69, 9.17) is 5.73 Å². The number of hydrogen-bond donors (Lipinski definition) is 1. The first kappa shape index (κ1) is 12.1. The fourth-order valence-electron chi connectivity index (χ4n) is 1.21. The summed E-state index contributed by atoms with van der Waals surface area (Å²) in [6.07, 6.45) is 2.27. The van der Waals surface area contributed by atoms with Crippen LogP contribution >= 0.6 is 27.7 Å². The second-order valence-corrected chi connectivity index (χ2v) is 5.21. The van der Waals surface area contributed by atoms with Gasteiger partial charge in [-0.1, -0.05) is 25.5 Å². The second-order valence-electron chi connectivity index (χ2n) is 3.29. The summed E-state index contributed by atoms with van der Waals surface area (Å²) in [5, 5.41) is 0. The van der Waals surface area contributed by atoms with E-state index >= 15 is 0 Å². The third-order valence-electron chi connectivity index (χ3n) is 1.95. The molecule has 1 aromatic rings. The summed E-state index contributed by atoms with van der Waals surface area (Å²) < 4.78 is 1.16. The largest absolute Gasteiger partial charge is 0.327 e. The summed E-state index contributed by atoms with van der Waals surface area (Å²) in [4.78, 5) is 1.28. The van der Waals surface area contributed by atoms with E-state index in [2.05, 4.69) is 41.1 Å². The molecule has 1 rings (SSSR count). The highest BCUT2D eigenvalue weighted by Crippen LogP contribution is 2.27. The predicted molar refractivity (Wildman–Crippen MR) is 67.7 cm³/mol. The monoisotopic (exact) mass is 273 g/mol. The molecule has 0 saturated carbocycles. The molecule has 0 aromatic heterocycles. The number of thioether (sulfide) groups is 1. The van der Waals surface area contributed by atoms with Crippen molar-refractivity contribution in [2.45, 2.75) is 30.7 Å². The molecule has 0 aliphatic heterocycles. The first-order valence-corrected chi connectivity index (χ1v) is 6.64. The van der Waals surface area contributed by atoms with Gasteiger partial charge in [-0.2, -0.15) is 0 Å². The number of benzene rings is 1. The van der Waals surface area contributed by atoms with E-state index in [1.54, 1.807) is 0 Å². The Morgan fingerprint density at radius 3 is 2.79 bits per heavy atom. The highest BCUT2D eigenvalue weighted by Gasteiger charge is 2.04. The van der Waals surface area contributed by atoms with Crippen LogP contribution in [-0.2, 0) is 0 Å². The molecule has 0 unspecified atom stereocenters. The number of hydrogen-bond acceptors (Lipinski definition) is 2. The third-order valence-corrected chi connectivity index (χ3v) is 4.16. The average molecular weight is 274 g/mol. The van der Waals surface area contributed by atoms with Gasteiger partial charge in [0.15, 0.2) is 0 Å². The SMILES string of the molecule is CCC[C@@H](N)CSc1ccccc1Br. The van der Waals surface area contributed by atoms with Crippen LogP contribution in [0.15, 0.2) is 33.6 Å². The van der Waals surface area contributed by atoms with Gasteiger partial charge in [0.1, 0.15) is 0 Å². The van der Waals surface area contributed by atoms with Crippen LogP contribution in [0, 0.1) is 0 Å². The van der Waals surface area contributed by atoms with Gasteiger partial charge >= 0.3 is 0 Å². The molecule has 0 radical (unpaired) electrons. The molecule has 0 amide bonds. The van der Waals surface area contributed by atoms with E-state index < -0.39 is 0 Å². The van der Waals surface area contributed by atoms with Crippen LogP contribution in [0.4, 0.5) is 0 Å². The second kappa shape index (κ2) is 6.49. The van der Waals surface area contributed by atoms with Crippen LogP contribution in [0.5, 0.6) is 0 Å². The summed E-state index contributed by atoms with van der Waals surface area (Å²) in [5.74, 6) is 0.996. The lowest BCUT2D eigenvalue weighted by atomic mass is 10.2. The minimum absolute atomic E-state index is 0.317. The van der Waals surface area contributed by atoms with Crippen molar-refractivity contribution in [1.29, 1.82) is 0 Å². The van der Waals surface area contributed by atoms with E-state index in [0.29, 0.717) is 6.04 Å². The molecule has 0 saturated heterocycles. The van der Waals surface area contributed by atoms with Gasteiger partial charge in [-0.3, -0.25) is 0 Å². The quantitative estimate of drug-likeness (QED) is 0.829. The molecule has 0 heterocycles. The summed E-state index contributed by atoms with van der Waals surface area (Å²) in [7, 11) is 0. The molecule has 0 spiro atoms. The Morgan fingerprint density at radius 1 is 1.43 bits per heavy atom. The van der Waals surface area contributed by atoms with Crippen molar-refractivity contribution in [2.75, 3.05) is 5.75 Å². The summed E-state index contributed by atoms with van der Waals surface area (Å²) in [5.41, 5.74) is 5.95. The first-order chi connectivity index (χ1) is 6.74. The van der Waals surface area contributed by atoms with Gasteiger partial charge in [-0.05, 0) is 34.5 Å². The lowest BCUT2D eigenvalue weighted by Gasteiger charge is -2.10. The van der Waals surface area contributed by atoms with Crippen LogP contribution < -0.4 is 5.73 Å². The van der Waals surface area contributed by atoms with Gasteiger partial charge < -0.3 is 5.73 Å². The van der Waals surface area contributed by atoms with Gasteiger partial charge in [-0.25, -0.2) is 0 Å². The van der Waals surface area contributed by atoms with Gasteiger partial charge in [-0.15, -0.1) is 11.8 Å². The topological polar surface area (TPSA) is 26.0 Å². The van der Waals surface area contributed by atoms with E-state index in [1.165, 1.54) is 4.90 Å². The predicted octanol–water partition coefficient (Wildman–Crippen LogP) is 3.67. The molecular weight excluding hydrogens is 258 g/mol. The minimum Gasteiger partial charge on any atom is -0.327 e. The van der Waals surface area contributed by atoms with Crippen molar-refractivity contribution < 1.29 is 0 Å². The smallest absolute Gasteiger partial charge is 0.0311 e. The van der Waals surface area contributed by atoms with E-state index in [0.717, 1.165) is 23.1 Å². The molecule has 0 fully saturated rings. The van der Waals surface area contributed by atoms with Crippen molar-refractivity contribution in [3.63, 3.8) is 0 Å². The van der Waals surface area contributed by atoms with Crippen molar-refractivity contribution in [3.8, 4) is 0 Å². The average Bonchev–Trinajstić information content (AvgIpc) is 2.17. The Labute approximate surface area is 98.6 Å². The van der Waals surface area contributed by atoms with Crippen LogP contribution in [-0.4, -0.2) is 11.8 Å². The maximum Gasteiger partial charge on any atom is 0.0311 e. The Balaban J connectivity index is 2.41. The number of halogens is 1. The Hall–Kier alpha value is 0.01000. The molecule has 0 aliphatic rings. The van der Waals surface area contributed by atoms with Crippen molar-refractivity contribution in [3.05, 3.63) is 28.7 Å². The Morgan fingerprint density at radius 2 is 2.14 bits per heavy atom. The summed E-state index contributed by atoms with van der Waals surface area (Å²) in [6, 6.07) is 8.58. The molecule has 78 valence electrons. The van der Waals surface area contributed by atoms with Gasteiger partial charge in [0.05, 0.1) is 0 Å². The molecular formula is C11H16BrNS. The molecule has 3 heteroatoms. The molecule has 1 atom stereocenters. The zero-order chi connectivity index (χ0) is 10.4. The van der Waals surface area contributed by atoms with E-state index in [-0.39, 0.29) is 0 Å². The van der Waals surface area contributed by atoms with Gasteiger partial charge in [0.2, 0.25) is 0 Å². The Bertz CT molecular complexity index is 278. The van der Waals surface area contributed by atoms with Gasteiger partial charge in [0, 0.05) is 21.2 Å². The zero-order valence-electron chi connectivity index (χ0n) is 8.37. The fourth-order valence-corrected chi connectivity index (χ4v) is 2.78. The van der Waals surface area contributed by atoms with Crippen molar-refractivity contribution >= 4 is 27.7 Å². The molecule has 1 nitrogen and oxygen atoms in total. The first-order valence-electron chi connectivity index (χ1n) is 4.87. The minimum atomic E-state index is 0.317. The van der Waals surface area contributed by atoms with Crippen LogP contribution in [0.3, 0.4) is 0 Å².